The first-order valence-electron chi connectivity index (χ1n) is 10.4. The summed E-state index contributed by atoms with van der Waals surface area (Å²) in [5.74, 6) is 1.61. The van der Waals surface area contributed by atoms with Gasteiger partial charge in [-0.25, -0.2) is 4.98 Å². The first-order chi connectivity index (χ1) is 15.2. The third-order valence-electron chi connectivity index (χ3n) is 5.69. The number of fused-ring (bicyclic) bond motifs is 1. The normalized spacial score (nSPS) is 14.8. The number of nitrogens with one attached hydrogen (secondary N) is 1. The molecule has 1 aliphatic rings. The zero-order chi connectivity index (χ0) is 21.2. The maximum absolute atomic E-state index is 12.6. The summed E-state index contributed by atoms with van der Waals surface area (Å²) in [5, 5.41) is 0.664. The Morgan fingerprint density at radius 3 is 2.48 bits per heavy atom. The Morgan fingerprint density at radius 2 is 1.77 bits per heavy atom. The molecule has 0 aliphatic carbocycles. The molecule has 7 heteroatoms. The van der Waals surface area contributed by atoms with Crippen LogP contribution < -0.4 is 15.2 Å². The van der Waals surface area contributed by atoms with Crippen molar-refractivity contribution in [1.29, 1.82) is 0 Å². The number of methoxy groups -OCH3 is 1. The lowest BCUT2D eigenvalue weighted by molar-refractivity contribution is 0.244. The molecule has 0 atom stereocenters. The van der Waals surface area contributed by atoms with Crippen LogP contribution in [0.4, 0.5) is 5.69 Å². The second-order valence-electron chi connectivity index (χ2n) is 7.67. The summed E-state index contributed by atoms with van der Waals surface area (Å²) in [4.78, 5) is 27.0. The molecule has 1 saturated heterocycles. The summed E-state index contributed by atoms with van der Waals surface area (Å²) in [6.07, 6.45) is 0. The Kier molecular flexibility index (Phi) is 5.44. The van der Waals surface area contributed by atoms with E-state index in [-0.39, 0.29) is 5.56 Å². The summed E-state index contributed by atoms with van der Waals surface area (Å²) in [5.41, 5.74) is 2.26. The number of H-pyrrole nitrogens is 1. The Labute approximate surface area is 184 Å². The van der Waals surface area contributed by atoms with Crippen molar-refractivity contribution in [3.8, 4) is 16.2 Å². The van der Waals surface area contributed by atoms with E-state index in [0.717, 1.165) is 53.0 Å². The van der Waals surface area contributed by atoms with Crippen molar-refractivity contribution in [3.63, 3.8) is 0 Å². The molecule has 2 aromatic heterocycles. The van der Waals surface area contributed by atoms with E-state index in [0.29, 0.717) is 11.9 Å². The molecule has 1 aliphatic heterocycles. The minimum atomic E-state index is -0.0599. The molecule has 2 aromatic carbocycles. The highest BCUT2D eigenvalue weighted by Gasteiger charge is 2.19. The third-order valence-corrected chi connectivity index (χ3v) is 6.77. The molecule has 0 radical (unpaired) electrons. The van der Waals surface area contributed by atoms with Gasteiger partial charge in [0.1, 0.15) is 16.4 Å². The van der Waals surface area contributed by atoms with Crippen LogP contribution in [0.1, 0.15) is 5.82 Å². The smallest absolute Gasteiger partial charge is 0.259 e. The van der Waals surface area contributed by atoms with Gasteiger partial charge in [-0.3, -0.25) is 9.69 Å². The fraction of sp³-hybridized carbons (Fsp3) is 0.250. The van der Waals surface area contributed by atoms with Gasteiger partial charge >= 0.3 is 0 Å². The fourth-order valence-corrected chi connectivity index (χ4v) is 5.02. The fourth-order valence-electron chi connectivity index (χ4n) is 3.96. The van der Waals surface area contributed by atoms with Crippen LogP contribution in [0.3, 0.4) is 0 Å². The Morgan fingerprint density at radius 1 is 1.03 bits per heavy atom. The van der Waals surface area contributed by atoms with Crippen LogP contribution in [0.5, 0.6) is 5.75 Å². The lowest BCUT2D eigenvalue weighted by Crippen LogP contribution is -2.46. The largest absolute Gasteiger partial charge is 0.497 e. The number of hydrogen-bond acceptors (Lipinski definition) is 6. The first-order valence-corrected chi connectivity index (χ1v) is 11.2. The predicted octanol–water partition coefficient (Wildman–Crippen LogP) is 3.98. The van der Waals surface area contributed by atoms with Crippen LogP contribution in [0.15, 0.2) is 65.5 Å². The van der Waals surface area contributed by atoms with E-state index >= 15 is 0 Å². The second kappa shape index (κ2) is 8.53. The third kappa shape index (κ3) is 4.19. The average Bonchev–Trinajstić information content (AvgIpc) is 3.25. The molecule has 1 fully saturated rings. The van der Waals surface area contributed by atoms with Gasteiger partial charge in [-0.2, -0.15) is 0 Å². The van der Waals surface area contributed by atoms with Gasteiger partial charge in [0.25, 0.3) is 5.56 Å². The summed E-state index contributed by atoms with van der Waals surface area (Å²) in [6, 6.07) is 20.3. The van der Waals surface area contributed by atoms with Crippen molar-refractivity contribution >= 4 is 27.2 Å². The number of aromatic nitrogens is 2. The van der Waals surface area contributed by atoms with Crippen LogP contribution in [0.2, 0.25) is 0 Å². The highest BCUT2D eigenvalue weighted by molar-refractivity contribution is 7.21. The second-order valence-corrected chi connectivity index (χ2v) is 8.70. The van der Waals surface area contributed by atoms with Gasteiger partial charge in [-0.05, 0) is 35.9 Å². The zero-order valence-electron chi connectivity index (χ0n) is 17.4. The highest BCUT2D eigenvalue weighted by Crippen LogP contribution is 2.30. The molecule has 4 aromatic rings. The molecule has 6 nitrogen and oxygen atoms in total. The molecule has 31 heavy (non-hydrogen) atoms. The van der Waals surface area contributed by atoms with Crippen molar-refractivity contribution in [2.75, 3.05) is 38.2 Å². The number of thiophene rings is 1. The van der Waals surface area contributed by atoms with E-state index in [1.54, 1.807) is 18.4 Å². The first kappa shape index (κ1) is 19.8. The molecule has 1 N–H and O–H groups in total. The minimum Gasteiger partial charge on any atom is -0.497 e. The molecule has 158 valence electrons. The molecule has 0 saturated carbocycles. The van der Waals surface area contributed by atoms with Crippen molar-refractivity contribution < 1.29 is 4.74 Å². The Balaban J connectivity index is 1.28. The molecule has 0 bridgehead atoms. The Bertz CT molecular complexity index is 1230. The number of nitrogens with zero attached hydrogens (tertiary/aromatic N) is 3. The minimum absolute atomic E-state index is 0.0599. The Hall–Kier alpha value is -3.16. The number of piperazine rings is 1. The van der Waals surface area contributed by atoms with Gasteiger partial charge in [0.05, 0.1) is 19.0 Å². The van der Waals surface area contributed by atoms with Crippen LogP contribution in [-0.2, 0) is 6.54 Å². The number of hydrogen-bond donors (Lipinski definition) is 1. The quantitative estimate of drug-likeness (QED) is 0.517. The molecule has 5 rings (SSSR count). The lowest BCUT2D eigenvalue weighted by Gasteiger charge is -2.35. The number of ether oxygens (including phenoxy) is 1. The van der Waals surface area contributed by atoms with E-state index in [1.165, 1.54) is 5.69 Å². The van der Waals surface area contributed by atoms with Crippen molar-refractivity contribution in [2.45, 2.75) is 6.54 Å². The summed E-state index contributed by atoms with van der Waals surface area (Å²) in [7, 11) is 1.68. The lowest BCUT2D eigenvalue weighted by atomic mass is 10.2. The maximum Gasteiger partial charge on any atom is 0.259 e. The van der Waals surface area contributed by atoms with E-state index in [1.807, 2.05) is 36.4 Å². The number of anilines is 1. The van der Waals surface area contributed by atoms with Crippen LogP contribution in [-0.4, -0.2) is 48.2 Å². The van der Waals surface area contributed by atoms with Crippen LogP contribution in [0, 0.1) is 0 Å². The van der Waals surface area contributed by atoms with E-state index < -0.39 is 0 Å². The van der Waals surface area contributed by atoms with Gasteiger partial charge in [0, 0.05) is 36.7 Å². The van der Waals surface area contributed by atoms with Crippen LogP contribution in [0.25, 0.3) is 20.7 Å². The summed E-state index contributed by atoms with van der Waals surface area (Å²) < 4.78 is 5.24. The van der Waals surface area contributed by atoms with E-state index in [2.05, 4.69) is 39.0 Å². The van der Waals surface area contributed by atoms with E-state index in [4.69, 9.17) is 9.72 Å². The average molecular weight is 433 g/mol. The van der Waals surface area contributed by atoms with Gasteiger partial charge in [-0.1, -0.05) is 30.3 Å². The summed E-state index contributed by atoms with van der Waals surface area (Å²) in [6.45, 7) is 4.38. The standard InChI is InChI=1S/C24H24N4O2S/c1-30-19-9-7-18(8-10-19)28-13-11-27(12-14-28)16-22-25-23(29)20-15-21(31-24(20)26-22)17-5-3-2-4-6-17/h2-10,15H,11-14,16H2,1H3,(H,25,26,29). The molecule has 0 unspecified atom stereocenters. The maximum atomic E-state index is 12.6. The molecular formula is C24H24N4O2S. The number of aromatic amines is 1. The van der Waals surface area contributed by atoms with Gasteiger partial charge in [0.2, 0.25) is 0 Å². The predicted molar refractivity (Wildman–Crippen MR) is 126 cm³/mol. The monoisotopic (exact) mass is 432 g/mol. The van der Waals surface area contributed by atoms with Gasteiger partial charge in [-0.15, -0.1) is 11.3 Å². The molecule has 0 amide bonds. The van der Waals surface area contributed by atoms with Crippen LogP contribution >= 0.6 is 11.3 Å². The van der Waals surface area contributed by atoms with Gasteiger partial charge < -0.3 is 14.6 Å². The topological polar surface area (TPSA) is 61.5 Å². The SMILES string of the molecule is COc1ccc(N2CCN(Cc3nc4sc(-c5ccccc5)cc4c(=O)[nH]3)CC2)cc1. The van der Waals surface area contributed by atoms with E-state index in [9.17, 15) is 4.79 Å². The number of benzene rings is 2. The molecular weight excluding hydrogens is 408 g/mol. The van der Waals surface area contributed by atoms with Crippen molar-refractivity contribution in [3.05, 3.63) is 76.8 Å². The van der Waals surface area contributed by atoms with Gasteiger partial charge in [0.15, 0.2) is 0 Å². The summed E-state index contributed by atoms with van der Waals surface area (Å²) >= 11 is 1.57. The molecule has 3 heterocycles. The zero-order valence-corrected chi connectivity index (χ0v) is 18.2. The van der Waals surface area contributed by atoms with Crippen molar-refractivity contribution in [1.82, 2.24) is 14.9 Å². The molecule has 0 spiro atoms. The van der Waals surface area contributed by atoms with Crippen molar-refractivity contribution in [2.24, 2.45) is 0 Å². The highest BCUT2D eigenvalue weighted by atomic mass is 32.1. The number of rotatable bonds is 5.